The van der Waals surface area contributed by atoms with Crippen molar-refractivity contribution >= 4 is 33.2 Å². The average Bonchev–Trinajstić information content (AvgIpc) is 2.74. The van der Waals surface area contributed by atoms with Crippen LogP contribution in [0.1, 0.15) is 36.0 Å². The van der Waals surface area contributed by atoms with Crippen molar-refractivity contribution in [2.75, 3.05) is 0 Å². The van der Waals surface area contributed by atoms with Crippen molar-refractivity contribution in [1.82, 2.24) is 5.32 Å². The summed E-state index contributed by atoms with van der Waals surface area (Å²) in [5.74, 6) is 0.0626. The van der Waals surface area contributed by atoms with Crippen LogP contribution in [0, 0.1) is 0 Å². The van der Waals surface area contributed by atoms with E-state index in [0.29, 0.717) is 10.9 Å². The van der Waals surface area contributed by atoms with E-state index in [1.807, 2.05) is 16.8 Å². The van der Waals surface area contributed by atoms with Gasteiger partial charge in [0.15, 0.2) is 0 Å². The summed E-state index contributed by atoms with van der Waals surface area (Å²) in [7, 11) is 0. The molecule has 82 valence electrons. The van der Waals surface area contributed by atoms with Gasteiger partial charge < -0.3 is 5.32 Å². The largest absolute Gasteiger partial charge is 0.348 e. The molecule has 15 heavy (non-hydrogen) atoms. The molecule has 0 aromatic carbocycles. The first-order valence-corrected chi connectivity index (χ1v) is 7.10. The number of nitrogens with one attached hydrogen (secondary N) is 1. The lowest BCUT2D eigenvalue weighted by Gasteiger charge is -2.28. The molecule has 4 heteroatoms. The smallest absolute Gasteiger partial charge is 0.252 e. The van der Waals surface area contributed by atoms with E-state index < -0.39 is 0 Å². The van der Waals surface area contributed by atoms with Gasteiger partial charge >= 0.3 is 0 Å². The molecule has 0 bridgehead atoms. The Balaban J connectivity index is 1.93. The zero-order chi connectivity index (χ0) is 10.7. The monoisotopic (exact) mass is 287 g/mol. The molecule has 1 aromatic rings. The van der Waals surface area contributed by atoms with Gasteiger partial charge in [-0.1, -0.05) is 28.8 Å². The number of halogens is 1. The van der Waals surface area contributed by atoms with Crippen molar-refractivity contribution in [1.29, 1.82) is 0 Å². The van der Waals surface area contributed by atoms with Gasteiger partial charge in [-0.3, -0.25) is 4.79 Å². The summed E-state index contributed by atoms with van der Waals surface area (Å²) in [6.07, 6.45) is 4.73. The molecule has 1 amide bonds. The second-order valence-corrected chi connectivity index (χ2v) is 5.85. The molecule has 1 N–H and O–H groups in total. The van der Waals surface area contributed by atoms with Crippen LogP contribution >= 0.6 is 27.3 Å². The average molecular weight is 288 g/mol. The minimum atomic E-state index is 0.0626. The van der Waals surface area contributed by atoms with E-state index in [0.717, 1.165) is 18.4 Å². The zero-order valence-electron chi connectivity index (χ0n) is 8.41. The number of amides is 1. The Morgan fingerprint density at radius 1 is 1.47 bits per heavy atom. The summed E-state index contributed by atoms with van der Waals surface area (Å²) >= 11 is 5.19. The Morgan fingerprint density at radius 2 is 2.27 bits per heavy atom. The van der Waals surface area contributed by atoms with Crippen molar-refractivity contribution in [3.63, 3.8) is 0 Å². The summed E-state index contributed by atoms with van der Waals surface area (Å²) in [6.45, 7) is 0. The van der Waals surface area contributed by atoms with Crippen molar-refractivity contribution in [3.05, 3.63) is 22.4 Å². The Bertz CT molecular complexity index is 325. The summed E-state index contributed by atoms with van der Waals surface area (Å²) in [4.78, 5) is 12.2. The molecular weight excluding hydrogens is 274 g/mol. The van der Waals surface area contributed by atoms with Gasteiger partial charge in [0, 0.05) is 21.8 Å². The van der Waals surface area contributed by atoms with Crippen LogP contribution in [0.4, 0.5) is 0 Å². The fourth-order valence-electron chi connectivity index (χ4n) is 1.89. The van der Waals surface area contributed by atoms with E-state index in [2.05, 4.69) is 21.2 Å². The number of carbonyl (C=O) groups excluding carboxylic acids is 1. The van der Waals surface area contributed by atoms with Gasteiger partial charge in [0.25, 0.3) is 5.91 Å². The standard InChI is InChI=1S/C11H14BrNOS/c12-9-3-1-2-4-10(9)13-11(14)8-5-6-15-7-8/h5-7,9-10H,1-4H2,(H,13,14). The SMILES string of the molecule is O=C(NC1CCCCC1Br)c1ccsc1. The Hall–Kier alpha value is -0.350. The fourth-order valence-corrected chi connectivity index (χ4v) is 3.25. The second-order valence-electron chi connectivity index (χ2n) is 3.89. The van der Waals surface area contributed by atoms with Crippen molar-refractivity contribution in [2.45, 2.75) is 36.6 Å². The molecule has 1 aliphatic carbocycles. The van der Waals surface area contributed by atoms with E-state index in [9.17, 15) is 4.79 Å². The van der Waals surface area contributed by atoms with Gasteiger partial charge in [0.05, 0.1) is 0 Å². The third kappa shape index (κ3) is 2.82. The highest BCUT2D eigenvalue weighted by molar-refractivity contribution is 9.09. The molecule has 1 aromatic heterocycles. The van der Waals surface area contributed by atoms with E-state index in [1.165, 1.54) is 12.8 Å². The predicted molar refractivity (Wildman–Crippen MR) is 66.8 cm³/mol. The predicted octanol–water partition coefficient (Wildman–Crippen LogP) is 3.18. The molecule has 1 saturated carbocycles. The number of thiophene rings is 1. The first-order valence-electron chi connectivity index (χ1n) is 5.24. The maximum Gasteiger partial charge on any atom is 0.252 e. The highest BCUT2D eigenvalue weighted by atomic mass is 79.9. The van der Waals surface area contributed by atoms with Gasteiger partial charge in [-0.25, -0.2) is 0 Å². The third-order valence-corrected chi connectivity index (χ3v) is 4.56. The normalized spacial score (nSPS) is 26.2. The van der Waals surface area contributed by atoms with Crippen LogP contribution in [0.2, 0.25) is 0 Å². The summed E-state index contributed by atoms with van der Waals surface area (Å²) in [5.41, 5.74) is 0.783. The van der Waals surface area contributed by atoms with Gasteiger partial charge in [-0.05, 0) is 24.3 Å². The van der Waals surface area contributed by atoms with Crippen LogP contribution in [0.3, 0.4) is 0 Å². The van der Waals surface area contributed by atoms with Crippen LogP contribution < -0.4 is 5.32 Å². The quantitative estimate of drug-likeness (QED) is 0.832. The molecule has 2 rings (SSSR count). The number of alkyl halides is 1. The van der Waals surface area contributed by atoms with Gasteiger partial charge in [0.2, 0.25) is 0 Å². The van der Waals surface area contributed by atoms with Crippen molar-refractivity contribution < 1.29 is 4.79 Å². The van der Waals surface area contributed by atoms with E-state index in [1.54, 1.807) is 11.3 Å². The maximum atomic E-state index is 11.8. The van der Waals surface area contributed by atoms with Crippen LogP contribution in [0.15, 0.2) is 16.8 Å². The molecule has 2 unspecified atom stereocenters. The first kappa shape index (κ1) is 11.1. The lowest BCUT2D eigenvalue weighted by molar-refractivity contribution is 0.0930. The lowest BCUT2D eigenvalue weighted by atomic mass is 9.95. The maximum absolute atomic E-state index is 11.8. The number of carbonyl (C=O) groups is 1. The zero-order valence-corrected chi connectivity index (χ0v) is 10.8. The third-order valence-electron chi connectivity index (χ3n) is 2.78. The van der Waals surface area contributed by atoms with Gasteiger partial charge in [-0.2, -0.15) is 11.3 Å². The Labute approximate surface area is 102 Å². The molecule has 0 radical (unpaired) electrons. The topological polar surface area (TPSA) is 29.1 Å². The summed E-state index contributed by atoms with van der Waals surface area (Å²) in [5, 5.41) is 6.91. The molecule has 1 fully saturated rings. The van der Waals surface area contributed by atoms with E-state index >= 15 is 0 Å². The molecule has 1 heterocycles. The van der Waals surface area contributed by atoms with Crippen LogP contribution in [-0.2, 0) is 0 Å². The second kappa shape index (κ2) is 5.12. The lowest BCUT2D eigenvalue weighted by Crippen LogP contribution is -2.42. The molecule has 0 saturated heterocycles. The molecule has 0 aliphatic heterocycles. The van der Waals surface area contributed by atoms with Crippen LogP contribution in [0.5, 0.6) is 0 Å². The fraction of sp³-hybridized carbons (Fsp3) is 0.545. The number of hydrogen-bond acceptors (Lipinski definition) is 2. The van der Waals surface area contributed by atoms with Gasteiger partial charge in [0.1, 0.15) is 0 Å². The highest BCUT2D eigenvalue weighted by Crippen LogP contribution is 2.24. The molecule has 0 spiro atoms. The van der Waals surface area contributed by atoms with E-state index in [4.69, 9.17) is 0 Å². The number of rotatable bonds is 2. The summed E-state index contributed by atoms with van der Waals surface area (Å²) < 4.78 is 0. The summed E-state index contributed by atoms with van der Waals surface area (Å²) in [6, 6.07) is 2.16. The molecular formula is C11H14BrNOS. The van der Waals surface area contributed by atoms with E-state index in [-0.39, 0.29) is 5.91 Å². The van der Waals surface area contributed by atoms with Crippen LogP contribution in [0.25, 0.3) is 0 Å². The first-order chi connectivity index (χ1) is 7.27. The highest BCUT2D eigenvalue weighted by Gasteiger charge is 2.24. The molecule has 2 nitrogen and oxygen atoms in total. The minimum Gasteiger partial charge on any atom is -0.348 e. The molecule has 1 aliphatic rings. The number of hydrogen-bond donors (Lipinski definition) is 1. The van der Waals surface area contributed by atoms with Crippen molar-refractivity contribution in [2.24, 2.45) is 0 Å². The van der Waals surface area contributed by atoms with Crippen molar-refractivity contribution in [3.8, 4) is 0 Å². The minimum absolute atomic E-state index is 0.0626. The Kier molecular flexibility index (Phi) is 3.81. The van der Waals surface area contributed by atoms with Gasteiger partial charge in [-0.15, -0.1) is 0 Å². The Morgan fingerprint density at radius 3 is 2.93 bits per heavy atom. The molecule has 2 atom stereocenters. The van der Waals surface area contributed by atoms with Crippen LogP contribution in [-0.4, -0.2) is 16.8 Å².